The van der Waals surface area contributed by atoms with Crippen LogP contribution in [0.1, 0.15) is 65.5 Å². The Morgan fingerprint density at radius 3 is 2.43 bits per heavy atom. The highest BCUT2D eigenvalue weighted by Crippen LogP contribution is 2.41. The summed E-state index contributed by atoms with van der Waals surface area (Å²) in [6, 6.07) is 10.7. The van der Waals surface area contributed by atoms with Crippen LogP contribution in [-0.4, -0.2) is 22.2 Å². The second kappa shape index (κ2) is 6.07. The Morgan fingerprint density at radius 1 is 1.24 bits per heavy atom. The summed E-state index contributed by atoms with van der Waals surface area (Å²) in [5.41, 5.74) is 7.43. The molecule has 1 aliphatic rings. The van der Waals surface area contributed by atoms with Crippen LogP contribution in [0.25, 0.3) is 0 Å². The fraction of sp³-hybridized carbons (Fsp3) is 0.667. The largest absolute Gasteiger partial charge is 0.328 e. The number of benzene rings is 1. The van der Waals surface area contributed by atoms with Gasteiger partial charge in [-0.3, -0.25) is 4.84 Å². The van der Waals surface area contributed by atoms with Gasteiger partial charge in [-0.05, 0) is 52.5 Å². The maximum Gasteiger partial charge on any atom is 0.102 e. The average Bonchev–Trinajstić information content (AvgIpc) is 2.43. The van der Waals surface area contributed by atoms with Crippen LogP contribution in [0, 0.1) is 0 Å². The second-order valence-electron chi connectivity index (χ2n) is 7.28. The number of nitrogens with zero attached hydrogens (tertiary/aromatic N) is 1. The van der Waals surface area contributed by atoms with Crippen LogP contribution in [-0.2, 0) is 4.84 Å². The third-order valence-corrected chi connectivity index (χ3v) is 4.80. The van der Waals surface area contributed by atoms with Gasteiger partial charge in [0.1, 0.15) is 6.10 Å². The summed E-state index contributed by atoms with van der Waals surface area (Å²) in [6.45, 7) is 11.1. The Bertz CT molecular complexity index is 460. The van der Waals surface area contributed by atoms with Crippen molar-refractivity contribution in [2.75, 3.05) is 0 Å². The lowest BCUT2D eigenvalue weighted by Gasteiger charge is -2.55. The van der Waals surface area contributed by atoms with Crippen molar-refractivity contribution in [2.24, 2.45) is 5.73 Å². The molecule has 0 spiro atoms. The molecule has 0 aromatic heterocycles. The monoisotopic (exact) mass is 290 g/mol. The Labute approximate surface area is 129 Å². The molecule has 3 atom stereocenters. The molecule has 3 heteroatoms. The van der Waals surface area contributed by atoms with Gasteiger partial charge in [0, 0.05) is 17.1 Å². The maximum absolute atomic E-state index is 6.43. The molecule has 1 fully saturated rings. The Morgan fingerprint density at radius 2 is 1.86 bits per heavy atom. The van der Waals surface area contributed by atoms with E-state index in [0.717, 1.165) is 19.3 Å². The highest BCUT2D eigenvalue weighted by molar-refractivity contribution is 5.17. The summed E-state index contributed by atoms with van der Waals surface area (Å²) >= 11 is 0. The van der Waals surface area contributed by atoms with Gasteiger partial charge in [-0.2, -0.15) is 5.06 Å². The van der Waals surface area contributed by atoms with Gasteiger partial charge in [-0.25, -0.2) is 0 Å². The molecule has 2 rings (SSSR count). The van der Waals surface area contributed by atoms with Gasteiger partial charge in [0.15, 0.2) is 0 Å². The number of piperidine rings is 1. The SMILES string of the molecule is CCC1(C)CC(N)CC(C)(C)N1OC(C)c1ccccc1. The molecule has 0 saturated carbocycles. The van der Waals surface area contributed by atoms with Gasteiger partial charge in [0.2, 0.25) is 0 Å². The van der Waals surface area contributed by atoms with E-state index in [2.05, 4.69) is 63.9 Å². The Kier molecular flexibility index (Phi) is 4.76. The van der Waals surface area contributed by atoms with Crippen molar-refractivity contribution >= 4 is 0 Å². The molecule has 0 bridgehead atoms. The lowest BCUT2D eigenvalue weighted by atomic mass is 9.77. The predicted octanol–water partition coefficient (Wildman–Crippen LogP) is 4.05. The van der Waals surface area contributed by atoms with E-state index in [4.69, 9.17) is 10.6 Å². The topological polar surface area (TPSA) is 38.5 Å². The van der Waals surface area contributed by atoms with Gasteiger partial charge in [0.05, 0.1) is 0 Å². The summed E-state index contributed by atoms with van der Waals surface area (Å²) in [6.07, 6.45) is 3.02. The predicted molar refractivity (Wildman–Crippen MR) is 87.8 cm³/mol. The van der Waals surface area contributed by atoms with E-state index in [1.54, 1.807) is 0 Å². The lowest BCUT2D eigenvalue weighted by molar-refractivity contribution is -0.310. The van der Waals surface area contributed by atoms with Crippen LogP contribution in [0.2, 0.25) is 0 Å². The first-order valence-electron chi connectivity index (χ1n) is 8.06. The summed E-state index contributed by atoms with van der Waals surface area (Å²) < 4.78 is 0. The number of rotatable bonds is 4. The van der Waals surface area contributed by atoms with Crippen molar-refractivity contribution in [3.63, 3.8) is 0 Å². The van der Waals surface area contributed by atoms with Crippen molar-refractivity contribution < 1.29 is 4.84 Å². The van der Waals surface area contributed by atoms with Crippen molar-refractivity contribution in [1.82, 2.24) is 5.06 Å². The number of hydrogen-bond acceptors (Lipinski definition) is 3. The molecule has 1 aromatic rings. The minimum atomic E-state index is -0.0501. The third-order valence-electron chi connectivity index (χ3n) is 4.80. The van der Waals surface area contributed by atoms with Crippen LogP contribution in [0.5, 0.6) is 0 Å². The van der Waals surface area contributed by atoms with Crippen molar-refractivity contribution in [2.45, 2.75) is 77.1 Å². The fourth-order valence-electron chi connectivity index (χ4n) is 3.68. The standard InChI is InChI=1S/C18H30N2O/c1-6-18(5)13-16(19)12-17(3,4)20(18)21-14(2)15-10-8-7-9-11-15/h7-11,14,16H,6,12-13,19H2,1-5H3. The first kappa shape index (κ1) is 16.5. The van der Waals surface area contributed by atoms with E-state index in [9.17, 15) is 0 Å². The zero-order valence-corrected chi connectivity index (χ0v) is 14.1. The zero-order valence-electron chi connectivity index (χ0n) is 14.1. The van der Waals surface area contributed by atoms with Gasteiger partial charge in [0.25, 0.3) is 0 Å². The molecule has 0 aliphatic carbocycles. The first-order valence-corrected chi connectivity index (χ1v) is 8.06. The van der Waals surface area contributed by atoms with Crippen molar-refractivity contribution in [3.8, 4) is 0 Å². The summed E-state index contributed by atoms with van der Waals surface area (Å²) in [5.74, 6) is 0. The highest BCUT2D eigenvalue weighted by Gasteiger charge is 2.47. The first-order chi connectivity index (χ1) is 9.78. The summed E-state index contributed by atoms with van der Waals surface area (Å²) in [4.78, 5) is 6.43. The Hall–Kier alpha value is -0.900. The molecule has 1 heterocycles. The Balaban J connectivity index is 2.22. The molecule has 0 amide bonds. The average molecular weight is 290 g/mol. The van der Waals surface area contributed by atoms with Gasteiger partial charge in [-0.15, -0.1) is 0 Å². The number of hydroxylamine groups is 2. The van der Waals surface area contributed by atoms with E-state index in [1.807, 2.05) is 6.07 Å². The third kappa shape index (κ3) is 3.47. The van der Waals surface area contributed by atoms with E-state index < -0.39 is 0 Å². The van der Waals surface area contributed by atoms with Crippen LogP contribution >= 0.6 is 0 Å². The molecule has 1 aliphatic heterocycles. The smallest absolute Gasteiger partial charge is 0.102 e. The van der Waals surface area contributed by atoms with Crippen LogP contribution in [0.3, 0.4) is 0 Å². The molecular formula is C18H30N2O. The van der Waals surface area contributed by atoms with E-state index in [-0.39, 0.29) is 23.2 Å². The molecule has 1 saturated heterocycles. The molecule has 21 heavy (non-hydrogen) atoms. The van der Waals surface area contributed by atoms with Crippen molar-refractivity contribution in [1.29, 1.82) is 0 Å². The summed E-state index contributed by atoms with van der Waals surface area (Å²) in [5, 5.41) is 2.22. The minimum Gasteiger partial charge on any atom is -0.328 e. The normalized spacial score (nSPS) is 31.0. The molecule has 0 radical (unpaired) electrons. The molecule has 3 unspecified atom stereocenters. The van der Waals surface area contributed by atoms with Crippen LogP contribution < -0.4 is 5.73 Å². The maximum atomic E-state index is 6.43. The minimum absolute atomic E-state index is 0.00972. The van der Waals surface area contributed by atoms with E-state index >= 15 is 0 Å². The van der Waals surface area contributed by atoms with Crippen LogP contribution in [0.15, 0.2) is 30.3 Å². The van der Waals surface area contributed by atoms with Gasteiger partial charge < -0.3 is 5.73 Å². The lowest BCUT2D eigenvalue weighted by Crippen LogP contribution is -2.64. The quantitative estimate of drug-likeness (QED) is 0.909. The van der Waals surface area contributed by atoms with Gasteiger partial charge in [-0.1, -0.05) is 37.3 Å². The number of nitrogens with two attached hydrogens (primary N) is 1. The molecule has 1 aromatic carbocycles. The fourth-order valence-corrected chi connectivity index (χ4v) is 3.68. The molecule has 118 valence electrons. The van der Waals surface area contributed by atoms with Crippen LogP contribution in [0.4, 0.5) is 0 Å². The van der Waals surface area contributed by atoms with Gasteiger partial charge >= 0.3 is 0 Å². The van der Waals surface area contributed by atoms with E-state index in [0.29, 0.717) is 0 Å². The molecule has 3 nitrogen and oxygen atoms in total. The molecule has 2 N–H and O–H groups in total. The van der Waals surface area contributed by atoms with Crippen molar-refractivity contribution in [3.05, 3.63) is 35.9 Å². The van der Waals surface area contributed by atoms with E-state index in [1.165, 1.54) is 5.56 Å². The molecular weight excluding hydrogens is 260 g/mol. The zero-order chi connectivity index (χ0) is 15.7. The summed E-state index contributed by atoms with van der Waals surface area (Å²) in [7, 11) is 0. The number of hydrogen-bond donors (Lipinski definition) is 1. The highest BCUT2D eigenvalue weighted by atomic mass is 16.7. The second-order valence-corrected chi connectivity index (χ2v) is 7.28.